The van der Waals surface area contributed by atoms with Crippen molar-refractivity contribution in [1.82, 2.24) is 9.38 Å². The van der Waals surface area contributed by atoms with Crippen molar-refractivity contribution in [2.24, 2.45) is 0 Å². The highest BCUT2D eigenvalue weighted by atomic mass is 19.1. The SMILES string of the molecule is COCC(OC)C(C)OCCOc1ccc(-c2cnc3ccc(F)cn23)cc1. The van der Waals surface area contributed by atoms with E-state index in [4.69, 9.17) is 18.9 Å². The largest absolute Gasteiger partial charge is 0.491 e. The maximum absolute atomic E-state index is 13.5. The van der Waals surface area contributed by atoms with Gasteiger partial charge in [-0.15, -0.1) is 0 Å². The van der Waals surface area contributed by atoms with Crippen LogP contribution in [0, 0.1) is 5.82 Å². The minimum absolute atomic E-state index is 0.0912. The number of fused-ring (bicyclic) bond motifs is 1. The predicted molar refractivity (Wildman–Crippen MR) is 104 cm³/mol. The van der Waals surface area contributed by atoms with E-state index in [1.807, 2.05) is 31.2 Å². The summed E-state index contributed by atoms with van der Waals surface area (Å²) in [6, 6.07) is 10.6. The molecule has 1 aromatic carbocycles. The molecular weight excluding hydrogens is 363 g/mol. The summed E-state index contributed by atoms with van der Waals surface area (Å²) < 4.78 is 37.2. The fourth-order valence-corrected chi connectivity index (χ4v) is 2.95. The van der Waals surface area contributed by atoms with Gasteiger partial charge in [-0.05, 0) is 43.3 Å². The molecule has 28 heavy (non-hydrogen) atoms. The lowest BCUT2D eigenvalue weighted by atomic mass is 10.1. The lowest BCUT2D eigenvalue weighted by molar-refractivity contribution is -0.0790. The average Bonchev–Trinajstić information content (AvgIpc) is 3.12. The van der Waals surface area contributed by atoms with Crippen LogP contribution in [0.25, 0.3) is 16.9 Å². The zero-order chi connectivity index (χ0) is 19.9. The minimum Gasteiger partial charge on any atom is -0.491 e. The van der Waals surface area contributed by atoms with Crippen LogP contribution in [0.2, 0.25) is 0 Å². The van der Waals surface area contributed by atoms with E-state index in [1.165, 1.54) is 12.3 Å². The van der Waals surface area contributed by atoms with E-state index in [2.05, 4.69) is 4.98 Å². The first-order valence-electron chi connectivity index (χ1n) is 9.11. The van der Waals surface area contributed by atoms with Crippen LogP contribution >= 0.6 is 0 Å². The summed E-state index contributed by atoms with van der Waals surface area (Å²) in [5.41, 5.74) is 2.45. The number of hydrogen-bond donors (Lipinski definition) is 0. The van der Waals surface area contributed by atoms with Gasteiger partial charge in [0.25, 0.3) is 0 Å². The third kappa shape index (κ3) is 4.86. The van der Waals surface area contributed by atoms with E-state index in [9.17, 15) is 4.39 Å². The molecule has 0 amide bonds. The van der Waals surface area contributed by atoms with E-state index < -0.39 is 0 Å². The van der Waals surface area contributed by atoms with Crippen molar-refractivity contribution >= 4 is 5.65 Å². The van der Waals surface area contributed by atoms with Gasteiger partial charge in [-0.1, -0.05) is 0 Å². The number of aromatic nitrogens is 2. The van der Waals surface area contributed by atoms with Crippen LogP contribution in [-0.4, -0.2) is 55.6 Å². The number of hydrogen-bond acceptors (Lipinski definition) is 5. The molecule has 0 saturated heterocycles. The van der Waals surface area contributed by atoms with Crippen molar-refractivity contribution in [3.63, 3.8) is 0 Å². The molecule has 2 aromatic heterocycles. The summed E-state index contributed by atoms with van der Waals surface area (Å²) in [5.74, 6) is 0.433. The second kappa shape index (κ2) is 9.64. The molecule has 150 valence electrons. The summed E-state index contributed by atoms with van der Waals surface area (Å²) in [6.45, 7) is 3.29. The molecule has 0 aliphatic rings. The summed E-state index contributed by atoms with van der Waals surface area (Å²) in [7, 11) is 3.27. The molecule has 0 N–H and O–H groups in total. The van der Waals surface area contributed by atoms with Gasteiger partial charge < -0.3 is 18.9 Å². The van der Waals surface area contributed by atoms with Gasteiger partial charge in [0.05, 0.1) is 31.2 Å². The Morgan fingerprint density at radius 2 is 1.86 bits per heavy atom. The van der Waals surface area contributed by atoms with Gasteiger partial charge in [0.15, 0.2) is 0 Å². The number of nitrogens with zero attached hydrogens (tertiary/aromatic N) is 2. The second-order valence-electron chi connectivity index (χ2n) is 6.40. The monoisotopic (exact) mass is 388 g/mol. The van der Waals surface area contributed by atoms with Crippen LogP contribution in [0.4, 0.5) is 4.39 Å². The molecule has 0 saturated carbocycles. The summed E-state index contributed by atoms with van der Waals surface area (Å²) in [4.78, 5) is 4.30. The lowest BCUT2D eigenvalue weighted by Gasteiger charge is -2.22. The fourth-order valence-electron chi connectivity index (χ4n) is 2.95. The van der Waals surface area contributed by atoms with Crippen LogP contribution in [-0.2, 0) is 14.2 Å². The molecule has 3 rings (SSSR count). The molecule has 0 bridgehead atoms. The molecule has 2 heterocycles. The van der Waals surface area contributed by atoms with Crippen molar-refractivity contribution in [2.45, 2.75) is 19.1 Å². The molecule has 0 aliphatic carbocycles. The van der Waals surface area contributed by atoms with Crippen molar-refractivity contribution in [3.8, 4) is 17.0 Å². The highest BCUT2D eigenvalue weighted by molar-refractivity contribution is 5.64. The van der Waals surface area contributed by atoms with E-state index in [0.29, 0.717) is 25.5 Å². The molecule has 0 radical (unpaired) electrons. The Hall–Kier alpha value is -2.48. The van der Waals surface area contributed by atoms with Crippen LogP contribution in [0.3, 0.4) is 0 Å². The maximum atomic E-state index is 13.5. The molecule has 0 aliphatic heterocycles. The number of pyridine rings is 1. The van der Waals surface area contributed by atoms with Gasteiger partial charge in [0.2, 0.25) is 0 Å². The molecular formula is C21H25FN2O4. The van der Waals surface area contributed by atoms with Gasteiger partial charge >= 0.3 is 0 Å². The number of imidazole rings is 1. The summed E-state index contributed by atoms with van der Waals surface area (Å²) in [6.07, 6.45) is 2.95. The van der Waals surface area contributed by atoms with Crippen molar-refractivity contribution in [2.75, 3.05) is 34.0 Å². The third-order valence-corrected chi connectivity index (χ3v) is 4.51. The Balaban J connectivity index is 1.54. The van der Waals surface area contributed by atoms with Gasteiger partial charge in [-0.25, -0.2) is 9.37 Å². The summed E-state index contributed by atoms with van der Waals surface area (Å²) >= 11 is 0. The Morgan fingerprint density at radius 1 is 1.07 bits per heavy atom. The van der Waals surface area contributed by atoms with Crippen LogP contribution in [0.15, 0.2) is 48.8 Å². The number of benzene rings is 1. The van der Waals surface area contributed by atoms with E-state index in [1.54, 1.807) is 30.9 Å². The quantitative estimate of drug-likeness (QED) is 0.497. The number of methoxy groups -OCH3 is 2. The van der Waals surface area contributed by atoms with Crippen molar-refractivity contribution in [1.29, 1.82) is 0 Å². The molecule has 0 fully saturated rings. The first-order valence-corrected chi connectivity index (χ1v) is 9.11. The van der Waals surface area contributed by atoms with E-state index >= 15 is 0 Å². The number of rotatable bonds is 10. The number of halogens is 1. The minimum atomic E-state index is -0.304. The topological polar surface area (TPSA) is 54.2 Å². The van der Waals surface area contributed by atoms with Crippen molar-refractivity contribution < 1.29 is 23.3 Å². The van der Waals surface area contributed by atoms with Crippen molar-refractivity contribution in [3.05, 3.63) is 54.6 Å². The number of ether oxygens (including phenoxy) is 4. The van der Waals surface area contributed by atoms with E-state index in [-0.39, 0.29) is 18.0 Å². The van der Waals surface area contributed by atoms with Crippen LogP contribution in [0.5, 0.6) is 5.75 Å². The van der Waals surface area contributed by atoms with E-state index in [0.717, 1.165) is 17.0 Å². The van der Waals surface area contributed by atoms with Gasteiger partial charge in [0, 0.05) is 26.0 Å². The van der Waals surface area contributed by atoms with Gasteiger partial charge in [-0.2, -0.15) is 0 Å². The third-order valence-electron chi connectivity index (χ3n) is 4.51. The van der Waals surface area contributed by atoms with Crippen LogP contribution in [0.1, 0.15) is 6.92 Å². The Labute approximate surface area is 163 Å². The molecule has 2 unspecified atom stereocenters. The zero-order valence-corrected chi connectivity index (χ0v) is 16.3. The van der Waals surface area contributed by atoms with Crippen LogP contribution < -0.4 is 4.74 Å². The van der Waals surface area contributed by atoms with Gasteiger partial charge in [0.1, 0.15) is 29.9 Å². The Morgan fingerprint density at radius 3 is 2.57 bits per heavy atom. The standard InChI is InChI=1S/C21H25FN2O4/c1-15(20(26-3)14-25-2)27-10-11-28-18-7-4-16(5-8-18)19-12-23-21-9-6-17(22)13-24(19)21/h4-9,12-13,15,20H,10-11,14H2,1-3H3. The molecule has 7 heteroatoms. The Bertz CT molecular complexity index is 882. The zero-order valence-electron chi connectivity index (χ0n) is 16.3. The fraction of sp³-hybridized carbons (Fsp3) is 0.381. The summed E-state index contributed by atoms with van der Waals surface area (Å²) in [5, 5.41) is 0. The highest BCUT2D eigenvalue weighted by Gasteiger charge is 2.16. The smallest absolute Gasteiger partial charge is 0.139 e. The Kier molecular flexibility index (Phi) is 6.97. The second-order valence-corrected chi connectivity index (χ2v) is 6.40. The maximum Gasteiger partial charge on any atom is 0.139 e. The van der Waals surface area contributed by atoms with Gasteiger partial charge in [-0.3, -0.25) is 4.40 Å². The average molecular weight is 388 g/mol. The molecule has 0 spiro atoms. The lowest BCUT2D eigenvalue weighted by Crippen LogP contribution is -2.33. The highest BCUT2D eigenvalue weighted by Crippen LogP contribution is 2.23. The first kappa shape index (κ1) is 20.3. The molecule has 3 aromatic rings. The molecule has 6 nitrogen and oxygen atoms in total. The first-order chi connectivity index (χ1) is 13.6. The molecule has 2 atom stereocenters. The normalized spacial score (nSPS) is 13.6. The predicted octanol–water partition coefficient (Wildman–Crippen LogP) is 3.59.